The Balaban J connectivity index is 1.62. The topological polar surface area (TPSA) is 62.2 Å². The van der Waals surface area contributed by atoms with E-state index >= 15 is 0 Å². The number of imidazole rings is 1. The molecule has 2 heterocycles. The predicted octanol–water partition coefficient (Wildman–Crippen LogP) is 4.04. The number of benzene rings is 3. The summed E-state index contributed by atoms with van der Waals surface area (Å²) in [7, 11) is 0. The van der Waals surface area contributed by atoms with Gasteiger partial charge >= 0.3 is 0 Å². The Morgan fingerprint density at radius 3 is 2.39 bits per heavy atom. The van der Waals surface area contributed by atoms with Crippen molar-refractivity contribution in [3.63, 3.8) is 0 Å². The molecule has 6 nitrogen and oxygen atoms in total. The van der Waals surface area contributed by atoms with Gasteiger partial charge in [0.2, 0.25) is 5.91 Å². The molecule has 0 aliphatic carbocycles. The number of piperazine rings is 1. The van der Waals surface area contributed by atoms with Crippen LogP contribution in [0.15, 0.2) is 78.9 Å². The fourth-order valence-corrected chi connectivity index (χ4v) is 4.65. The third kappa shape index (κ3) is 4.67. The summed E-state index contributed by atoms with van der Waals surface area (Å²) < 4.78 is 2.36. The SMILES string of the molecule is CC(=O)Nc1ccc(C(c2nc3ccccc3n2Cc2ccccc2)N2CCNCC2)cc1. The molecule has 168 valence electrons. The van der Waals surface area contributed by atoms with Gasteiger partial charge in [-0.1, -0.05) is 54.6 Å². The molecule has 1 atom stereocenters. The summed E-state index contributed by atoms with van der Waals surface area (Å²) in [5.41, 5.74) is 5.39. The Morgan fingerprint density at radius 2 is 1.67 bits per heavy atom. The second-order valence-corrected chi connectivity index (χ2v) is 8.52. The van der Waals surface area contributed by atoms with Crippen molar-refractivity contribution in [2.45, 2.75) is 19.5 Å². The second-order valence-electron chi connectivity index (χ2n) is 8.52. The van der Waals surface area contributed by atoms with E-state index in [0.717, 1.165) is 55.3 Å². The van der Waals surface area contributed by atoms with Crippen LogP contribution in [0.4, 0.5) is 5.69 Å². The first-order valence-electron chi connectivity index (χ1n) is 11.5. The average Bonchev–Trinajstić information content (AvgIpc) is 3.19. The molecule has 5 rings (SSSR count). The van der Waals surface area contributed by atoms with Crippen LogP contribution in [0.1, 0.15) is 29.9 Å². The molecule has 1 unspecified atom stereocenters. The van der Waals surface area contributed by atoms with E-state index in [1.165, 1.54) is 18.1 Å². The summed E-state index contributed by atoms with van der Waals surface area (Å²) >= 11 is 0. The molecule has 1 saturated heterocycles. The van der Waals surface area contributed by atoms with E-state index in [9.17, 15) is 4.79 Å². The van der Waals surface area contributed by atoms with Crippen molar-refractivity contribution in [1.29, 1.82) is 0 Å². The van der Waals surface area contributed by atoms with E-state index in [0.29, 0.717) is 0 Å². The summed E-state index contributed by atoms with van der Waals surface area (Å²) in [5.74, 6) is 0.986. The maximum atomic E-state index is 11.5. The quantitative estimate of drug-likeness (QED) is 0.476. The zero-order valence-corrected chi connectivity index (χ0v) is 18.9. The molecule has 0 saturated carbocycles. The fourth-order valence-electron chi connectivity index (χ4n) is 4.65. The highest BCUT2D eigenvalue weighted by atomic mass is 16.1. The lowest BCUT2D eigenvalue weighted by molar-refractivity contribution is -0.114. The van der Waals surface area contributed by atoms with Gasteiger partial charge in [-0.25, -0.2) is 4.98 Å². The third-order valence-corrected chi connectivity index (χ3v) is 6.18. The zero-order valence-electron chi connectivity index (χ0n) is 18.9. The van der Waals surface area contributed by atoms with E-state index in [-0.39, 0.29) is 11.9 Å². The monoisotopic (exact) mass is 439 g/mol. The summed E-state index contributed by atoms with van der Waals surface area (Å²) in [6.07, 6.45) is 0. The lowest BCUT2D eigenvalue weighted by atomic mass is 10.0. The summed E-state index contributed by atoms with van der Waals surface area (Å²) in [6, 6.07) is 27.2. The van der Waals surface area contributed by atoms with Crippen molar-refractivity contribution in [3.05, 3.63) is 95.8 Å². The first kappa shape index (κ1) is 21.4. The summed E-state index contributed by atoms with van der Waals surface area (Å²) in [4.78, 5) is 19.1. The minimum Gasteiger partial charge on any atom is -0.326 e. The lowest BCUT2D eigenvalue weighted by Gasteiger charge is -2.35. The third-order valence-electron chi connectivity index (χ3n) is 6.18. The van der Waals surface area contributed by atoms with Gasteiger partial charge in [-0.3, -0.25) is 9.69 Å². The molecule has 3 aromatic carbocycles. The molecular weight excluding hydrogens is 410 g/mol. The van der Waals surface area contributed by atoms with Gasteiger partial charge in [-0.15, -0.1) is 0 Å². The molecule has 0 bridgehead atoms. The maximum absolute atomic E-state index is 11.5. The number of aromatic nitrogens is 2. The molecule has 1 fully saturated rings. The van der Waals surface area contributed by atoms with Gasteiger partial charge in [-0.05, 0) is 35.4 Å². The molecule has 1 aliphatic rings. The highest BCUT2D eigenvalue weighted by Crippen LogP contribution is 2.32. The Bertz CT molecular complexity index is 1230. The van der Waals surface area contributed by atoms with E-state index in [2.05, 4.69) is 80.8 Å². The van der Waals surface area contributed by atoms with Gasteiger partial charge in [0.1, 0.15) is 5.82 Å². The molecule has 1 aliphatic heterocycles. The molecule has 0 spiro atoms. The highest BCUT2D eigenvalue weighted by Gasteiger charge is 2.29. The van der Waals surface area contributed by atoms with Gasteiger partial charge in [-0.2, -0.15) is 0 Å². The largest absolute Gasteiger partial charge is 0.326 e. The standard InChI is InChI=1S/C27H29N5O/c1-20(33)29-23-13-11-22(12-14-23)26(31-17-15-28-16-18-31)27-30-24-9-5-6-10-25(24)32(27)19-21-7-3-2-4-8-21/h2-14,26,28H,15-19H2,1H3,(H,29,33). The van der Waals surface area contributed by atoms with Gasteiger partial charge < -0.3 is 15.2 Å². The van der Waals surface area contributed by atoms with Crippen molar-refractivity contribution in [3.8, 4) is 0 Å². The van der Waals surface area contributed by atoms with Crippen LogP contribution in [0.25, 0.3) is 11.0 Å². The Hall–Kier alpha value is -3.48. The van der Waals surface area contributed by atoms with Crippen LogP contribution in [-0.4, -0.2) is 46.5 Å². The number of hydrogen-bond donors (Lipinski definition) is 2. The van der Waals surface area contributed by atoms with Crippen LogP contribution in [0, 0.1) is 0 Å². The van der Waals surface area contributed by atoms with Crippen molar-refractivity contribution < 1.29 is 4.79 Å². The number of anilines is 1. The number of fused-ring (bicyclic) bond motifs is 1. The van der Waals surface area contributed by atoms with Crippen molar-refractivity contribution in [2.24, 2.45) is 0 Å². The average molecular weight is 440 g/mol. The minimum atomic E-state index is -0.0638. The van der Waals surface area contributed by atoms with E-state index in [4.69, 9.17) is 4.98 Å². The Morgan fingerprint density at radius 1 is 0.970 bits per heavy atom. The Labute approximate surface area is 194 Å². The van der Waals surface area contributed by atoms with Crippen LogP contribution >= 0.6 is 0 Å². The van der Waals surface area contributed by atoms with Gasteiger partial charge in [0.25, 0.3) is 0 Å². The van der Waals surface area contributed by atoms with Crippen LogP contribution in [0.3, 0.4) is 0 Å². The molecular formula is C27H29N5O. The van der Waals surface area contributed by atoms with Crippen molar-refractivity contribution in [2.75, 3.05) is 31.5 Å². The number of amides is 1. The minimum absolute atomic E-state index is 0.0228. The van der Waals surface area contributed by atoms with Crippen molar-refractivity contribution in [1.82, 2.24) is 19.8 Å². The molecule has 1 aromatic heterocycles. The first-order chi connectivity index (χ1) is 16.2. The summed E-state index contributed by atoms with van der Waals surface area (Å²) in [5, 5.41) is 6.34. The number of hydrogen-bond acceptors (Lipinski definition) is 4. The van der Waals surface area contributed by atoms with E-state index in [1.807, 2.05) is 18.2 Å². The summed E-state index contributed by atoms with van der Waals surface area (Å²) in [6.45, 7) is 6.12. The van der Waals surface area contributed by atoms with E-state index < -0.39 is 0 Å². The fraction of sp³-hybridized carbons (Fsp3) is 0.259. The molecule has 6 heteroatoms. The molecule has 1 amide bonds. The van der Waals surface area contributed by atoms with Crippen LogP contribution in [0.5, 0.6) is 0 Å². The van der Waals surface area contributed by atoms with Gasteiger partial charge in [0.05, 0.1) is 17.1 Å². The number of nitrogens with zero attached hydrogens (tertiary/aromatic N) is 3. The zero-order chi connectivity index (χ0) is 22.6. The van der Waals surface area contributed by atoms with Crippen LogP contribution < -0.4 is 10.6 Å². The number of carbonyl (C=O) groups is 1. The van der Waals surface area contributed by atoms with Gasteiger partial charge in [0.15, 0.2) is 0 Å². The number of nitrogens with one attached hydrogen (secondary N) is 2. The van der Waals surface area contributed by atoms with Gasteiger partial charge in [0, 0.05) is 45.3 Å². The molecule has 4 aromatic rings. The van der Waals surface area contributed by atoms with Crippen molar-refractivity contribution >= 4 is 22.6 Å². The van der Waals surface area contributed by atoms with Crippen LogP contribution in [-0.2, 0) is 11.3 Å². The molecule has 0 radical (unpaired) electrons. The first-order valence-corrected chi connectivity index (χ1v) is 11.5. The number of rotatable bonds is 6. The number of carbonyl (C=O) groups excluding carboxylic acids is 1. The van der Waals surface area contributed by atoms with Crippen LogP contribution in [0.2, 0.25) is 0 Å². The number of para-hydroxylation sites is 2. The highest BCUT2D eigenvalue weighted by molar-refractivity contribution is 5.88. The maximum Gasteiger partial charge on any atom is 0.221 e. The normalized spacial score (nSPS) is 15.4. The lowest BCUT2D eigenvalue weighted by Crippen LogP contribution is -2.46. The smallest absolute Gasteiger partial charge is 0.221 e. The second kappa shape index (κ2) is 9.57. The predicted molar refractivity (Wildman–Crippen MR) is 132 cm³/mol. The molecule has 33 heavy (non-hydrogen) atoms. The van der Waals surface area contributed by atoms with E-state index in [1.54, 1.807) is 0 Å². The molecule has 2 N–H and O–H groups in total. The Kier molecular flexibility index (Phi) is 6.19.